The van der Waals surface area contributed by atoms with E-state index in [1.165, 1.54) is 12.3 Å². The van der Waals surface area contributed by atoms with Gasteiger partial charge < -0.3 is 9.30 Å². The number of rotatable bonds is 6. The quantitative estimate of drug-likeness (QED) is 0.632. The van der Waals surface area contributed by atoms with Crippen LogP contribution in [-0.4, -0.2) is 9.81 Å². The van der Waals surface area contributed by atoms with E-state index in [0.717, 1.165) is 11.1 Å². The van der Waals surface area contributed by atoms with Gasteiger partial charge in [-0.05, 0) is 22.7 Å². The Morgan fingerprint density at radius 1 is 0.960 bits per heavy atom. The summed E-state index contributed by atoms with van der Waals surface area (Å²) in [6, 6.07) is 20.4. The highest BCUT2D eigenvalue weighted by Gasteiger charge is 2.13. The van der Waals surface area contributed by atoms with Gasteiger partial charge in [0, 0.05) is 12.6 Å². The van der Waals surface area contributed by atoms with Crippen molar-refractivity contribution >= 4 is 16.8 Å². The van der Waals surface area contributed by atoms with Crippen molar-refractivity contribution in [1.82, 2.24) is 4.57 Å². The predicted octanol–water partition coefficient (Wildman–Crippen LogP) is 3.85. The summed E-state index contributed by atoms with van der Waals surface area (Å²) in [4.78, 5) is 23.9. The lowest BCUT2D eigenvalue weighted by Crippen LogP contribution is -2.17. The molecule has 0 N–H and O–H groups in total. The zero-order chi connectivity index (χ0) is 17.6. The van der Waals surface area contributed by atoms with Crippen molar-refractivity contribution in [1.29, 1.82) is 0 Å². The van der Waals surface area contributed by atoms with Crippen LogP contribution in [0.15, 0.2) is 77.7 Å². The fourth-order valence-corrected chi connectivity index (χ4v) is 2.64. The van der Waals surface area contributed by atoms with Gasteiger partial charge in [0.2, 0.25) is 5.43 Å². The van der Waals surface area contributed by atoms with E-state index < -0.39 is 5.24 Å². The number of carbonyl (C=O) groups excluding carboxylic acids is 1. The average Bonchev–Trinajstić information content (AvgIpc) is 2.63. The van der Waals surface area contributed by atoms with Crippen LogP contribution in [0.4, 0.5) is 0 Å². The molecule has 0 radical (unpaired) electrons. The second-order valence-electron chi connectivity index (χ2n) is 5.55. The topological polar surface area (TPSA) is 48.3 Å². The van der Waals surface area contributed by atoms with Gasteiger partial charge in [0.05, 0.1) is 6.20 Å². The maximum atomic E-state index is 12.2. The molecule has 1 aromatic heterocycles. The van der Waals surface area contributed by atoms with E-state index in [2.05, 4.69) is 0 Å². The molecule has 0 atom stereocenters. The minimum atomic E-state index is -0.678. The molecule has 25 heavy (non-hydrogen) atoms. The van der Waals surface area contributed by atoms with Crippen LogP contribution in [0.25, 0.3) is 0 Å². The number of hydrogen-bond acceptors (Lipinski definition) is 3. The molecule has 1 heterocycles. The summed E-state index contributed by atoms with van der Waals surface area (Å²) in [7, 11) is 0. The fourth-order valence-electron chi connectivity index (χ4n) is 2.48. The van der Waals surface area contributed by atoms with Gasteiger partial charge in [-0.2, -0.15) is 0 Å². The van der Waals surface area contributed by atoms with Crippen LogP contribution in [0.2, 0.25) is 0 Å². The van der Waals surface area contributed by atoms with Crippen molar-refractivity contribution in [3.63, 3.8) is 0 Å². The summed E-state index contributed by atoms with van der Waals surface area (Å²) < 4.78 is 7.28. The van der Waals surface area contributed by atoms with Gasteiger partial charge in [0.15, 0.2) is 5.75 Å². The Bertz CT molecular complexity index is 921. The highest BCUT2D eigenvalue weighted by molar-refractivity contribution is 6.67. The molecular weight excluding hydrogens is 338 g/mol. The van der Waals surface area contributed by atoms with Gasteiger partial charge in [-0.15, -0.1) is 0 Å². The van der Waals surface area contributed by atoms with Gasteiger partial charge in [-0.1, -0.05) is 60.7 Å². The number of halogens is 1. The van der Waals surface area contributed by atoms with Gasteiger partial charge in [-0.25, -0.2) is 0 Å². The first-order valence-electron chi connectivity index (χ1n) is 7.78. The number of hydrogen-bond donors (Lipinski definition) is 0. The Hall–Kier alpha value is -2.85. The third-order valence-electron chi connectivity index (χ3n) is 3.73. The Kier molecular flexibility index (Phi) is 5.31. The summed E-state index contributed by atoms with van der Waals surface area (Å²) in [5, 5.41) is -0.678. The molecule has 0 saturated heterocycles. The normalized spacial score (nSPS) is 10.4. The van der Waals surface area contributed by atoms with E-state index in [0.29, 0.717) is 6.54 Å². The minimum absolute atomic E-state index is 0.141. The van der Waals surface area contributed by atoms with Crippen molar-refractivity contribution in [2.24, 2.45) is 0 Å². The molecule has 126 valence electrons. The van der Waals surface area contributed by atoms with Crippen molar-refractivity contribution in [3.05, 3.63) is 100.0 Å². The predicted molar refractivity (Wildman–Crippen MR) is 97.2 cm³/mol. The van der Waals surface area contributed by atoms with Crippen molar-refractivity contribution < 1.29 is 9.53 Å². The Morgan fingerprint density at radius 2 is 1.56 bits per heavy atom. The van der Waals surface area contributed by atoms with Crippen LogP contribution in [0.5, 0.6) is 5.75 Å². The number of pyridine rings is 1. The maximum absolute atomic E-state index is 12.2. The molecular formula is C20H16ClNO3. The first kappa shape index (κ1) is 17.0. The van der Waals surface area contributed by atoms with Crippen LogP contribution in [0.3, 0.4) is 0 Å². The Balaban J connectivity index is 1.90. The highest BCUT2D eigenvalue weighted by atomic mass is 35.5. The lowest BCUT2D eigenvalue weighted by Gasteiger charge is -2.13. The van der Waals surface area contributed by atoms with Crippen LogP contribution in [0.1, 0.15) is 21.6 Å². The number of nitrogens with zero attached hydrogens (tertiary/aromatic N) is 1. The number of carbonyl (C=O) groups is 1. The molecule has 3 aromatic rings. The molecule has 4 nitrogen and oxygen atoms in total. The average molecular weight is 354 g/mol. The molecule has 0 aliphatic rings. The van der Waals surface area contributed by atoms with Gasteiger partial charge in [0.1, 0.15) is 12.3 Å². The van der Waals surface area contributed by atoms with E-state index in [1.54, 1.807) is 4.57 Å². The van der Waals surface area contributed by atoms with Crippen LogP contribution >= 0.6 is 11.6 Å². The SMILES string of the molecule is O=C(Cl)c1cc(=O)c(OCc2ccccc2)cn1Cc1ccccc1. The molecule has 0 unspecified atom stereocenters. The molecule has 0 saturated carbocycles. The molecule has 0 aliphatic heterocycles. The van der Waals surface area contributed by atoms with E-state index in [4.69, 9.17) is 16.3 Å². The third kappa shape index (κ3) is 4.37. The maximum Gasteiger partial charge on any atom is 0.269 e. The number of ether oxygens (including phenoxy) is 1. The number of benzene rings is 2. The minimum Gasteiger partial charge on any atom is -0.483 e. The Morgan fingerprint density at radius 3 is 2.16 bits per heavy atom. The zero-order valence-electron chi connectivity index (χ0n) is 13.4. The molecule has 2 aromatic carbocycles. The van der Waals surface area contributed by atoms with Crippen LogP contribution in [0, 0.1) is 0 Å². The molecule has 0 bridgehead atoms. The zero-order valence-corrected chi connectivity index (χ0v) is 14.1. The van der Waals surface area contributed by atoms with E-state index >= 15 is 0 Å². The summed E-state index contributed by atoms with van der Waals surface area (Å²) in [5.74, 6) is 0.182. The second-order valence-corrected chi connectivity index (χ2v) is 5.89. The number of aromatic nitrogens is 1. The standard InChI is InChI=1S/C20H16ClNO3/c21-20(24)17-11-18(23)19(25-14-16-9-5-2-6-10-16)13-22(17)12-15-7-3-1-4-8-15/h1-11,13H,12,14H2. The molecule has 0 spiro atoms. The van der Waals surface area contributed by atoms with E-state index in [9.17, 15) is 9.59 Å². The molecule has 0 fully saturated rings. The largest absolute Gasteiger partial charge is 0.483 e. The van der Waals surface area contributed by atoms with Crippen LogP contribution < -0.4 is 10.2 Å². The van der Waals surface area contributed by atoms with Gasteiger partial charge >= 0.3 is 0 Å². The van der Waals surface area contributed by atoms with E-state index in [-0.39, 0.29) is 23.5 Å². The van der Waals surface area contributed by atoms with E-state index in [1.807, 2.05) is 60.7 Å². The third-order valence-corrected chi connectivity index (χ3v) is 3.92. The monoisotopic (exact) mass is 353 g/mol. The first-order chi connectivity index (χ1) is 12.1. The lowest BCUT2D eigenvalue weighted by molar-refractivity contribution is 0.107. The van der Waals surface area contributed by atoms with Crippen molar-refractivity contribution in [2.45, 2.75) is 13.2 Å². The van der Waals surface area contributed by atoms with Gasteiger partial charge in [0.25, 0.3) is 5.24 Å². The summed E-state index contributed by atoms with van der Waals surface area (Å²) >= 11 is 5.63. The Labute approximate surface area is 150 Å². The first-order valence-corrected chi connectivity index (χ1v) is 8.16. The molecule has 3 rings (SSSR count). The molecule has 0 amide bonds. The van der Waals surface area contributed by atoms with Crippen LogP contribution in [-0.2, 0) is 13.2 Å². The fraction of sp³-hybridized carbons (Fsp3) is 0.100. The second kappa shape index (κ2) is 7.81. The molecule has 5 heteroatoms. The lowest BCUT2D eigenvalue weighted by atomic mass is 10.2. The summed E-state index contributed by atoms with van der Waals surface area (Å²) in [6.45, 7) is 0.687. The van der Waals surface area contributed by atoms with Crippen molar-refractivity contribution in [3.8, 4) is 5.75 Å². The highest BCUT2D eigenvalue weighted by Crippen LogP contribution is 2.14. The molecule has 0 aliphatic carbocycles. The summed E-state index contributed by atoms with van der Waals surface area (Å²) in [6.07, 6.45) is 1.54. The van der Waals surface area contributed by atoms with Crippen molar-refractivity contribution in [2.75, 3.05) is 0 Å². The smallest absolute Gasteiger partial charge is 0.269 e. The van der Waals surface area contributed by atoms with Gasteiger partial charge in [-0.3, -0.25) is 9.59 Å². The summed E-state index contributed by atoms with van der Waals surface area (Å²) in [5.41, 5.74) is 1.71.